The van der Waals surface area contributed by atoms with E-state index in [4.69, 9.17) is 5.73 Å². The van der Waals surface area contributed by atoms with E-state index in [1.54, 1.807) is 0 Å². The van der Waals surface area contributed by atoms with Gasteiger partial charge in [-0.1, -0.05) is 20.8 Å². The second kappa shape index (κ2) is 2.01. The fourth-order valence-corrected chi connectivity index (χ4v) is 3.19. The van der Waals surface area contributed by atoms with E-state index in [-0.39, 0.29) is 0 Å². The van der Waals surface area contributed by atoms with Crippen LogP contribution in [0.25, 0.3) is 0 Å². The predicted octanol–water partition coefficient (Wildman–Crippen LogP) is 2.02. The lowest BCUT2D eigenvalue weighted by Crippen LogP contribution is -2.58. The minimum Gasteiger partial charge on any atom is -0.327 e. The molecule has 0 aromatic carbocycles. The lowest BCUT2D eigenvalue weighted by atomic mass is 9.45. The van der Waals surface area contributed by atoms with Gasteiger partial charge < -0.3 is 5.73 Å². The lowest BCUT2D eigenvalue weighted by Gasteiger charge is -2.61. The van der Waals surface area contributed by atoms with Crippen molar-refractivity contribution in [3.05, 3.63) is 0 Å². The maximum absolute atomic E-state index is 6.02. The van der Waals surface area contributed by atoms with Gasteiger partial charge in [-0.2, -0.15) is 0 Å². The van der Waals surface area contributed by atoms with E-state index in [9.17, 15) is 0 Å². The Kier molecular flexibility index (Phi) is 1.39. The predicted molar refractivity (Wildman–Crippen MR) is 47.1 cm³/mol. The molecule has 2 bridgehead atoms. The van der Waals surface area contributed by atoms with Crippen LogP contribution in [0, 0.1) is 23.2 Å². The fourth-order valence-electron chi connectivity index (χ4n) is 3.19. The van der Waals surface area contributed by atoms with Crippen molar-refractivity contribution in [3.63, 3.8) is 0 Å². The Hall–Kier alpha value is -0.0400. The Labute approximate surface area is 69.4 Å². The van der Waals surface area contributed by atoms with Crippen molar-refractivity contribution in [2.75, 3.05) is 0 Å². The molecule has 3 aliphatic carbocycles. The van der Waals surface area contributed by atoms with E-state index in [1.807, 2.05) is 0 Å². The molecular weight excluding hydrogens is 134 g/mol. The third-order valence-corrected chi connectivity index (χ3v) is 4.41. The number of nitrogens with two attached hydrogens (primary N) is 1. The summed E-state index contributed by atoms with van der Waals surface area (Å²) in [4.78, 5) is 0. The van der Waals surface area contributed by atoms with E-state index in [2.05, 4.69) is 20.8 Å². The Morgan fingerprint density at radius 1 is 1.27 bits per heavy atom. The first-order valence-electron chi connectivity index (χ1n) is 4.79. The Morgan fingerprint density at radius 2 is 1.91 bits per heavy atom. The molecule has 2 N–H and O–H groups in total. The number of fused-ring (bicyclic) bond motifs is 2. The first kappa shape index (κ1) is 7.60. The summed E-state index contributed by atoms with van der Waals surface area (Å²) in [6.45, 7) is 7.15. The highest BCUT2D eigenvalue weighted by atomic mass is 14.7. The summed E-state index contributed by atoms with van der Waals surface area (Å²) in [5, 5.41) is 0. The highest BCUT2D eigenvalue weighted by molar-refractivity contribution is 5.06. The SMILES string of the molecule is C[C@@H]1[C@@H](N)CC2C[C@@H]1C2(C)C. The third kappa shape index (κ3) is 0.807. The Morgan fingerprint density at radius 3 is 2.27 bits per heavy atom. The summed E-state index contributed by atoms with van der Waals surface area (Å²) in [5.74, 6) is 2.60. The standard InChI is InChI=1S/C10H19N/c1-6-8-4-7(5-9(6)11)10(8,2)3/h6-9H,4-5,11H2,1-3H3/t6-,7?,8-,9-/m0/s1. The molecule has 3 saturated carbocycles. The average molecular weight is 153 g/mol. The molecule has 0 spiro atoms. The first-order chi connectivity index (χ1) is 5.03. The molecule has 1 unspecified atom stereocenters. The molecule has 0 saturated heterocycles. The van der Waals surface area contributed by atoms with Crippen molar-refractivity contribution in [2.24, 2.45) is 28.9 Å². The van der Waals surface area contributed by atoms with Gasteiger partial charge in [-0.3, -0.25) is 0 Å². The van der Waals surface area contributed by atoms with Crippen molar-refractivity contribution in [1.82, 2.24) is 0 Å². The zero-order valence-electron chi connectivity index (χ0n) is 7.80. The van der Waals surface area contributed by atoms with Crippen LogP contribution in [0.15, 0.2) is 0 Å². The molecular formula is C10H19N. The summed E-state index contributed by atoms with van der Waals surface area (Å²) in [6, 6.07) is 0.492. The van der Waals surface area contributed by atoms with Gasteiger partial charge in [0.15, 0.2) is 0 Å². The zero-order chi connectivity index (χ0) is 8.22. The third-order valence-electron chi connectivity index (χ3n) is 4.41. The molecule has 3 rings (SSSR count). The van der Waals surface area contributed by atoms with E-state index < -0.39 is 0 Å². The monoisotopic (exact) mass is 153 g/mol. The van der Waals surface area contributed by atoms with Gasteiger partial charge >= 0.3 is 0 Å². The van der Waals surface area contributed by atoms with Gasteiger partial charge in [0.25, 0.3) is 0 Å². The molecule has 0 aromatic heterocycles. The second-order valence-electron chi connectivity index (χ2n) is 5.12. The largest absolute Gasteiger partial charge is 0.327 e. The van der Waals surface area contributed by atoms with Crippen molar-refractivity contribution < 1.29 is 0 Å². The van der Waals surface area contributed by atoms with Crippen LogP contribution in [0.1, 0.15) is 33.6 Å². The van der Waals surface area contributed by atoms with Crippen molar-refractivity contribution in [1.29, 1.82) is 0 Å². The first-order valence-corrected chi connectivity index (χ1v) is 4.79. The van der Waals surface area contributed by atoms with Gasteiger partial charge in [0.2, 0.25) is 0 Å². The summed E-state index contributed by atoms with van der Waals surface area (Å²) in [5.41, 5.74) is 6.63. The van der Waals surface area contributed by atoms with Crippen molar-refractivity contribution in [2.45, 2.75) is 39.7 Å². The van der Waals surface area contributed by atoms with Gasteiger partial charge in [0.05, 0.1) is 0 Å². The zero-order valence-corrected chi connectivity index (χ0v) is 7.80. The summed E-state index contributed by atoms with van der Waals surface area (Å²) in [6.07, 6.45) is 2.71. The van der Waals surface area contributed by atoms with Crippen LogP contribution in [0.5, 0.6) is 0 Å². The Balaban J connectivity index is 2.17. The highest BCUT2D eigenvalue weighted by Crippen LogP contribution is 2.60. The van der Waals surface area contributed by atoms with Crippen LogP contribution in [0.3, 0.4) is 0 Å². The number of hydrogen-bond acceptors (Lipinski definition) is 1. The molecule has 3 fully saturated rings. The van der Waals surface area contributed by atoms with Gasteiger partial charge in [-0.15, -0.1) is 0 Å². The van der Waals surface area contributed by atoms with Crippen LogP contribution in [-0.4, -0.2) is 6.04 Å². The minimum atomic E-state index is 0.492. The summed E-state index contributed by atoms with van der Waals surface area (Å²) in [7, 11) is 0. The molecule has 4 atom stereocenters. The number of rotatable bonds is 0. The summed E-state index contributed by atoms with van der Waals surface area (Å²) >= 11 is 0. The van der Waals surface area contributed by atoms with Gasteiger partial charge in [0.1, 0.15) is 0 Å². The quantitative estimate of drug-likeness (QED) is 0.566. The van der Waals surface area contributed by atoms with Crippen molar-refractivity contribution >= 4 is 0 Å². The highest BCUT2D eigenvalue weighted by Gasteiger charge is 2.55. The second-order valence-corrected chi connectivity index (χ2v) is 5.12. The van der Waals surface area contributed by atoms with Gasteiger partial charge in [-0.05, 0) is 36.0 Å². The maximum Gasteiger partial charge on any atom is 0.00702 e. The Bertz CT molecular complexity index is 174. The van der Waals surface area contributed by atoms with Crippen LogP contribution in [0.4, 0.5) is 0 Å². The number of hydrogen-bond donors (Lipinski definition) is 1. The van der Waals surface area contributed by atoms with Crippen LogP contribution in [-0.2, 0) is 0 Å². The van der Waals surface area contributed by atoms with Crippen LogP contribution >= 0.6 is 0 Å². The molecule has 64 valence electrons. The maximum atomic E-state index is 6.02. The normalized spacial score (nSPS) is 53.5. The van der Waals surface area contributed by atoms with Gasteiger partial charge in [-0.25, -0.2) is 0 Å². The smallest absolute Gasteiger partial charge is 0.00702 e. The topological polar surface area (TPSA) is 26.0 Å². The van der Waals surface area contributed by atoms with E-state index >= 15 is 0 Å². The summed E-state index contributed by atoms with van der Waals surface area (Å²) < 4.78 is 0. The van der Waals surface area contributed by atoms with Gasteiger partial charge in [0, 0.05) is 6.04 Å². The average Bonchev–Trinajstić information content (AvgIpc) is 1.93. The van der Waals surface area contributed by atoms with Crippen LogP contribution < -0.4 is 5.73 Å². The molecule has 1 heteroatoms. The molecule has 0 aliphatic heterocycles. The molecule has 0 heterocycles. The molecule has 1 nitrogen and oxygen atoms in total. The molecule has 0 radical (unpaired) electrons. The van der Waals surface area contributed by atoms with E-state index in [0.717, 1.165) is 17.8 Å². The van der Waals surface area contributed by atoms with E-state index in [0.29, 0.717) is 11.5 Å². The molecule has 3 aliphatic rings. The van der Waals surface area contributed by atoms with Crippen LogP contribution in [0.2, 0.25) is 0 Å². The van der Waals surface area contributed by atoms with Crippen molar-refractivity contribution in [3.8, 4) is 0 Å². The fraction of sp³-hybridized carbons (Fsp3) is 1.00. The lowest BCUT2D eigenvalue weighted by molar-refractivity contribution is -0.108. The molecule has 0 aromatic rings. The minimum absolute atomic E-state index is 0.492. The molecule has 11 heavy (non-hydrogen) atoms. The van der Waals surface area contributed by atoms with E-state index in [1.165, 1.54) is 12.8 Å². The molecule has 0 amide bonds.